The number of benzene rings is 1. The van der Waals surface area contributed by atoms with Crippen molar-refractivity contribution in [3.63, 3.8) is 0 Å². The van der Waals surface area contributed by atoms with Crippen LogP contribution in [-0.4, -0.2) is 45.0 Å². The molecule has 0 bridgehead atoms. The zero-order chi connectivity index (χ0) is 23.6. The van der Waals surface area contributed by atoms with Gasteiger partial charge in [-0.3, -0.25) is 10.1 Å². The molecule has 0 fully saturated rings. The zero-order valence-corrected chi connectivity index (χ0v) is 16.6. The Morgan fingerprint density at radius 3 is 2.23 bits per heavy atom. The number of carbonyl (C=O) groups is 2. The van der Waals surface area contributed by atoms with Crippen LogP contribution in [0, 0.1) is 10.1 Å². The Morgan fingerprint density at radius 1 is 1.10 bits per heavy atom. The van der Waals surface area contributed by atoms with Crippen molar-refractivity contribution < 1.29 is 45.6 Å². The lowest BCUT2D eigenvalue weighted by Crippen LogP contribution is -2.28. The molecule has 0 amide bonds. The van der Waals surface area contributed by atoms with Gasteiger partial charge >= 0.3 is 17.4 Å². The van der Waals surface area contributed by atoms with Gasteiger partial charge in [0.2, 0.25) is 0 Å². The van der Waals surface area contributed by atoms with Gasteiger partial charge in [-0.15, -0.1) is 0 Å². The van der Waals surface area contributed by atoms with Crippen LogP contribution in [-0.2, 0) is 28.9 Å². The third-order valence-electron chi connectivity index (χ3n) is 3.91. The van der Waals surface area contributed by atoms with Crippen LogP contribution >= 0.6 is 0 Å². The van der Waals surface area contributed by atoms with Gasteiger partial charge in [0.25, 0.3) is 15.5 Å². The fourth-order valence-electron chi connectivity index (χ4n) is 2.51. The maximum atomic E-state index is 12.8. The molecule has 0 aromatic heterocycles. The molecule has 0 spiro atoms. The number of carbonyl (C=O) groups excluding carboxylic acids is 2. The number of hydrogen-bond donors (Lipinski definition) is 0. The molecular weight excluding hydrogens is 449 g/mol. The molecule has 0 saturated carbocycles. The number of nitro benzene ring substituents is 1. The number of rotatable bonds is 5. The van der Waals surface area contributed by atoms with Crippen LogP contribution in [0.3, 0.4) is 0 Å². The van der Waals surface area contributed by atoms with Crippen molar-refractivity contribution in [1.29, 1.82) is 0 Å². The highest BCUT2D eigenvalue weighted by Crippen LogP contribution is 2.38. The monoisotopic (exact) mass is 462 g/mol. The first-order valence-electron chi connectivity index (χ1n) is 8.01. The number of hydrogen-bond acceptors (Lipinski definition) is 9. The molecule has 0 saturated heterocycles. The molecule has 1 heterocycles. The Kier molecular flexibility index (Phi) is 6.54. The molecule has 31 heavy (non-hydrogen) atoms. The van der Waals surface area contributed by atoms with Crippen LogP contribution in [0.15, 0.2) is 58.8 Å². The summed E-state index contributed by atoms with van der Waals surface area (Å²) >= 11 is 0. The molecule has 1 aromatic carbocycles. The first kappa shape index (κ1) is 23.6. The van der Waals surface area contributed by atoms with Gasteiger partial charge in [-0.05, 0) is 24.3 Å². The van der Waals surface area contributed by atoms with Crippen molar-refractivity contribution in [2.45, 2.75) is 10.4 Å². The van der Waals surface area contributed by atoms with Crippen LogP contribution in [0.4, 0.5) is 24.5 Å². The van der Waals surface area contributed by atoms with Gasteiger partial charge in [0.05, 0.1) is 29.6 Å². The Balaban J connectivity index is 2.82. The summed E-state index contributed by atoms with van der Waals surface area (Å²) < 4.78 is 71.0. The molecule has 14 heteroatoms. The second-order valence-corrected chi connectivity index (χ2v) is 7.61. The van der Waals surface area contributed by atoms with Gasteiger partial charge in [0.1, 0.15) is 11.4 Å². The number of nitrogens with zero attached hydrogens (tertiary/aromatic N) is 2. The fourth-order valence-corrected chi connectivity index (χ4v) is 3.29. The summed E-state index contributed by atoms with van der Waals surface area (Å²) in [5, 5.41) is 11.5. The summed E-state index contributed by atoms with van der Waals surface area (Å²) in [6.07, 6.45) is 4.81. The normalized spacial score (nSPS) is 14.3. The second kappa shape index (κ2) is 8.59. The van der Waals surface area contributed by atoms with E-state index in [9.17, 15) is 41.3 Å². The molecule has 1 aromatic rings. The van der Waals surface area contributed by atoms with Gasteiger partial charge in [-0.2, -0.15) is 13.2 Å². The lowest BCUT2D eigenvalue weighted by molar-refractivity contribution is -0.384. The minimum absolute atomic E-state index is 0.205. The average molecular weight is 462 g/mol. The van der Waals surface area contributed by atoms with E-state index in [1.807, 2.05) is 0 Å². The molecule has 1 aliphatic rings. The number of ether oxygens (including phenoxy) is 2. The summed E-state index contributed by atoms with van der Waals surface area (Å²) in [7, 11) is -3.90. The Hall–Kier alpha value is -3.68. The number of nitro groups is 1. The van der Waals surface area contributed by atoms with Gasteiger partial charge in [0.15, 0.2) is 0 Å². The third-order valence-corrected chi connectivity index (χ3v) is 5.39. The molecule has 0 unspecified atom stereocenters. The molecule has 1 aliphatic heterocycles. The smallest absolute Gasteiger partial charge is 0.465 e. The standard InChI is InChI=1S/C17H13F3N2O8S/c1-29-15(23)11-5-3-4-8-21(14(11)16(24)30-2)12-7-6-10(9-13(12)22(25)26)31(27,28)17(18,19)20/h3-9H,1-2H3. The number of sulfone groups is 1. The molecule has 0 aliphatic carbocycles. The number of methoxy groups -OCH3 is 2. The molecular formula is C17H13F3N2O8S. The van der Waals surface area contributed by atoms with Crippen LogP contribution in [0.2, 0.25) is 0 Å². The van der Waals surface area contributed by atoms with Crippen molar-refractivity contribution in [1.82, 2.24) is 0 Å². The first-order valence-corrected chi connectivity index (χ1v) is 9.50. The predicted molar refractivity (Wildman–Crippen MR) is 98.2 cm³/mol. The number of anilines is 1. The third kappa shape index (κ3) is 4.42. The maximum absolute atomic E-state index is 12.8. The Bertz CT molecular complexity index is 1140. The lowest BCUT2D eigenvalue weighted by Gasteiger charge is -2.23. The molecule has 0 radical (unpaired) electrons. The summed E-state index contributed by atoms with van der Waals surface area (Å²) in [5.74, 6) is -2.14. The predicted octanol–water partition coefficient (Wildman–Crippen LogP) is 2.38. The Labute approximate surface area is 172 Å². The minimum Gasteiger partial charge on any atom is -0.465 e. The fraction of sp³-hybridized carbons (Fsp3) is 0.176. The van der Waals surface area contributed by atoms with Gasteiger partial charge in [0, 0.05) is 12.3 Å². The van der Waals surface area contributed by atoms with Gasteiger partial charge in [-0.25, -0.2) is 18.0 Å². The van der Waals surface area contributed by atoms with E-state index in [1.165, 1.54) is 12.2 Å². The van der Waals surface area contributed by atoms with Crippen LogP contribution in [0.5, 0.6) is 0 Å². The van der Waals surface area contributed by atoms with E-state index in [2.05, 4.69) is 9.47 Å². The summed E-state index contributed by atoms with van der Waals surface area (Å²) in [4.78, 5) is 34.3. The molecule has 166 valence electrons. The van der Waals surface area contributed by atoms with E-state index in [1.54, 1.807) is 0 Å². The maximum Gasteiger partial charge on any atom is 0.501 e. The van der Waals surface area contributed by atoms with E-state index in [-0.39, 0.29) is 11.6 Å². The van der Waals surface area contributed by atoms with E-state index in [0.29, 0.717) is 12.1 Å². The van der Waals surface area contributed by atoms with E-state index in [0.717, 1.165) is 31.4 Å². The summed E-state index contributed by atoms with van der Waals surface area (Å²) in [6, 6.07) is 1.39. The molecule has 0 N–H and O–H groups in total. The number of halogens is 3. The van der Waals surface area contributed by atoms with Crippen LogP contribution < -0.4 is 4.90 Å². The van der Waals surface area contributed by atoms with E-state index >= 15 is 0 Å². The van der Waals surface area contributed by atoms with Crippen molar-refractivity contribution in [2.75, 3.05) is 19.1 Å². The SMILES string of the molecule is COC(=O)C1=C(C(=O)OC)N(c2ccc(S(=O)(=O)C(F)(F)F)cc2[N+](=O)[O-])C=CC=C1. The highest BCUT2D eigenvalue weighted by Gasteiger charge is 2.47. The highest BCUT2D eigenvalue weighted by molar-refractivity contribution is 7.92. The quantitative estimate of drug-likeness (QED) is 0.367. The summed E-state index contributed by atoms with van der Waals surface area (Å²) in [6.45, 7) is 0. The molecule has 0 atom stereocenters. The van der Waals surface area contributed by atoms with Crippen LogP contribution in [0.1, 0.15) is 0 Å². The van der Waals surface area contributed by atoms with E-state index in [4.69, 9.17) is 0 Å². The number of alkyl halides is 3. The number of esters is 2. The topological polar surface area (TPSA) is 133 Å². The van der Waals surface area contributed by atoms with Crippen molar-refractivity contribution >= 4 is 33.2 Å². The zero-order valence-electron chi connectivity index (χ0n) is 15.7. The first-order chi connectivity index (χ1) is 14.4. The van der Waals surface area contributed by atoms with E-state index < -0.39 is 54.2 Å². The van der Waals surface area contributed by atoms with Gasteiger partial charge < -0.3 is 14.4 Å². The lowest BCUT2D eigenvalue weighted by atomic mass is 10.1. The molecule has 2 rings (SSSR count). The average Bonchev–Trinajstić information content (AvgIpc) is 2.94. The van der Waals surface area contributed by atoms with Gasteiger partial charge in [-0.1, -0.05) is 6.08 Å². The van der Waals surface area contributed by atoms with Crippen molar-refractivity contribution in [3.05, 3.63) is 64.0 Å². The largest absolute Gasteiger partial charge is 0.501 e. The van der Waals surface area contributed by atoms with Crippen molar-refractivity contribution in [2.24, 2.45) is 0 Å². The Morgan fingerprint density at radius 2 is 1.71 bits per heavy atom. The van der Waals surface area contributed by atoms with Crippen molar-refractivity contribution in [3.8, 4) is 0 Å². The number of allylic oxidation sites excluding steroid dienone is 2. The second-order valence-electron chi connectivity index (χ2n) is 5.67. The van der Waals surface area contributed by atoms with Crippen LogP contribution in [0.25, 0.3) is 0 Å². The highest BCUT2D eigenvalue weighted by atomic mass is 32.2. The summed E-state index contributed by atoms with van der Waals surface area (Å²) in [5.41, 5.74) is -8.20. The molecule has 10 nitrogen and oxygen atoms in total. The minimum atomic E-state index is -5.88.